The summed E-state index contributed by atoms with van der Waals surface area (Å²) in [5.41, 5.74) is -0.639. The monoisotopic (exact) mass is 323 g/mol. The summed E-state index contributed by atoms with van der Waals surface area (Å²) >= 11 is 0. The molecular formula is C15H27F2NO4. The first kappa shape index (κ1) is 19.1. The average molecular weight is 323 g/mol. The summed E-state index contributed by atoms with van der Waals surface area (Å²) in [6.07, 6.45) is -0.420. The summed E-state index contributed by atoms with van der Waals surface area (Å²) in [6.45, 7) is 5.89. The van der Waals surface area contributed by atoms with Crippen molar-refractivity contribution in [3.63, 3.8) is 0 Å². The van der Waals surface area contributed by atoms with Crippen LogP contribution in [-0.4, -0.2) is 60.0 Å². The number of carbonyl (C=O) groups excluding carboxylic acids is 1. The molecule has 1 aliphatic carbocycles. The van der Waals surface area contributed by atoms with Crippen molar-refractivity contribution >= 4 is 6.09 Å². The van der Waals surface area contributed by atoms with E-state index in [1.807, 2.05) is 0 Å². The average Bonchev–Trinajstić information content (AvgIpc) is 2.37. The van der Waals surface area contributed by atoms with Crippen LogP contribution in [0.3, 0.4) is 0 Å². The summed E-state index contributed by atoms with van der Waals surface area (Å²) in [5.74, 6) is -2.64. The molecule has 0 bridgehead atoms. The minimum absolute atomic E-state index is 0.0952. The lowest BCUT2D eigenvalue weighted by Crippen LogP contribution is -2.47. The molecule has 0 unspecified atom stereocenters. The third-order valence-corrected chi connectivity index (χ3v) is 3.47. The molecule has 0 spiro atoms. The Hall–Kier alpha value is -0.950. The maximum absolute atomic E-state index is 13.3. The van der Waals surface area contributed by atoms with E-state index in [9.17, 15) is 13.6 Å². The highest BCUT2D eigenvalue weighted by atomic mass is 19.3. The van der Waals surface area contributed by atoms with Gasteiger partial charge in [0.15, 0.2) is 0 Å². The summed E-state index contributed by atoms with van der Waals surface area (Å²) in [7, 11) is 0. The lowest BCUT2D eigenvalue weighted by Gasteiger charge is -2.37. The van der Waals surface area contributed by atoms with E-state index in [2.05, 4.69) is 0 Å². The van der Waals surface area contributed by atoms with Gasteiger partial charge in [0.1, 0.15) is 5.60 Å². The van der Waals surface area contributed by atoms with Crippen LogP contribution in [0.2, 0.25) is 0 Å². The molecule has 1 rings (SSSR count). The van der Waals surface area contributed by atoms with Gasteiger partial charge in [0.05, 0.1) is 19.8 Å². The lowest BCUT2D eigenvalue weighted by atomic mass is 9.91. The topological polar surface area (TPSA) is 59.0 Å². The summed E-state index contributed by atoms with van der Waals surface area (Å²) in [5, 5.41) is 8.69. The fraction of sp³-hybridized carbons (Fsp3) is 0.933. The number of carbonyl (C=O) groups is 1. The molecule has 0 aromatic carbocycles. The van der Waals surface area contributed by atoms with E-state index in [0.717, 1.165) is 0 Å². The number of aliphatic hydroxyl groups is 1. The van der Waals surface area contributed by atoms with Crippen LogP contribution in [0.25, 0.3) is 0 Å². The number of ether oxygens (including phenoxy) is 2. The van der Waals surface area contributed by atoms with Crippen LogP contribution >= 0.6 is 0 Å². The standard InChI is InChI=1S/C15H27F2NO4/c1-14(2,3)22-13(20)18(8-10-21-11-9-19)12-4-6-15(16,17)7-5-12/h12,19H,4-11H2,1-3H3. The van der Waals surface area contributed by atoms with Gasteiger partial charge in [-0.15, -0.1) is 0 Å². The highest BCUT2D eigenvalue weighted by molar-refractivity contribution is 5.68. The maximum Gasteiger partial charge on any atom is 0.410 e. The molecule has 1 aliphatic rings. The predicted molar refractivity (Wildman–Crippen MR) is 78.0 cm³/mol. The lowest BCUT2D eigenvalue weighted by molar-refractivity contribution is -0.0596. The Kier molecular flexibility index (Phi) is 6.99. The van der Waals surface area contributed by atoms with Crippen molar-refractivity contribution in [2.24, 2.45) is 0 Å². The Bertz CT molecular complexity index is 348. The van der Waals surface area contributed by atoms with Gasteiger partial charge in [-0.25, -0.2) is 13.6 Å². The van der Waals surface area contributed by atoms with Crippen LogP contribution in [0.15, 0.2) is 0 Å². The van der Waals surface area contributed by atoms with Crippen molar-refractivity contribution in [1.29, 1.82) is 0 Å². The van der Waals surface area contributed by atoms with Crippen LogP contribution in [0.4, 0.5) is 13.6 Å². The third kappa shape index (κ3) is 6.87. The van der Waals surface area contributed by atoms with Crippen LogP contribution < -0.4 is 0 Å². The highest BCUT2D eigenvalue weighted by Gasteiger charge is 2.39. The first-order valence-corrected chi connectivity index (χ1v) is 7.71. The molecule has 5 nitrogen and oxygen atoms in total. The second-order valence-corrected chi connectivity index (χ2v) is 6.60. The molecule has 22 heavy (non-hydrogen) atoms. The first-order chi connectivity index (χ1) is 10.1. The number of aliphatic hydroxyl groups excluding tert-OH is 1. The molecule has 130 valence electrons. The van der Waals surface area contributed by atoms with Gasteiger partial charge in [0, 0.05) is 25.4 Å². The first-order valence-electron chi connectivity index (χ1n) is 7.71. The van der Waals surface area contributed by atoms with E-state index < -0.39 is 17.6 Å². The van der Waals surface area contributed by atoms with Gasteiger partial charge in [-0.1, -0.05) is 0 Å². The zero-order valence-corrected chi connectivity index (χ0v) is 13.6. The van der Waals surface area contributed by atoms with Crippen molar-refractivity contribution in [3.05, 3.63) is 0 Å². The van der Waals surface area contributed by atoms with E-state index in [4.69, 9.17) is 14.6 Å². The fourth-order valence-corrected chi connectivity index (χ4v) is 2.41. The molecule has 0 aromatic heterocycles. The molecule has 1 N–H and O–H groups in total. The third-order valence-electron chi connectivity index (χ3n) is 3.47. The molecule has 7 heteroatoms. The quantitative estimate of drug-likeness (QED) is 0.764. The minimum atomic E-state index is -2.64. The molecule has 0 saturated heterocycles. The van der Waals surface area contributed by atoms with Gasteiger partial charge in [0.2, 0.25) is 5.92 Å². The highest BCUT2D eigenvalue weighted by Crippen LogP contribution is 2.35. The van der Waals surface area contributed by atoms with E-state index in [1.165, 1.54) is 4.90 Å². The number of nitrogens with zero attached hydrogens (tertiary/aromatic N) is 1. The summed E-state index contributed by atoms with van der Waals surface area (Å²) in [4.78, 5) is 13.8. The number of halogens is 2. The molecule has 1 amide bonds. The Balaban J connectivity index is 2.63. The number of hydrogen-bond acceptors (Lipinski definition) is 4. The van der Waals surface area contributed by atoms with Crippen molar-refractivity contribution in [3.8, 4) is 0 Å². The van der Waals surface area contributed by atoms with Gasteiger partial charge < -0.3 is 19.5 Å². The minimum Gasteiger partial charge on any atom is -0.444 e. The number of rotatable bonds is 6. The molecular weight excluding hydrogens is 296 g/mol. The predicted octanol–water partition coefficient (Wildman–Crippen LogP) is 2.81. The molecule has 0 radical (unpaired) electrons. The second kappa shape index (κ2) is 8.06. The zero-order valence-electron chi connectivity index (χ0n) is 13.6. The van der Waals surface area contributed by atoms with Crippen LogP contribution in [0, 0.1) is 0 Å². The van der Waals surface area contributed by atoms with Crippen LogP contribution in [-0.2, 0) is 9.47 Å². The van der Waals surface area contributed by atoms with Crippen molar-refractivity contribution in [2.45, 2.75) is 64.0 Å². The molecule has 0 heterocycles. The van der Waals surface area contributed by atoms with E-state index in [0.29, 0.717) is 0 Å². The molecule has 1 saturated carbocycles. The smallest absolute Gasteiger partial charge is 0.410 e. The molecule has 1 fully saturated rings. The Labute approximate surface area is 130 Å². The Morgan fingerprint density at radius 3 is 2.36 bits per heavy atom. The van der Waals surface area contributed by atoms with Gasteiger partial charge in [0.25, 0.3) is 0 Å². The molecule has 0 atom stereocenters. The SMILES string of the molecule is CC(C)(C)OC(=O)N(CCOCCO)C1CCC(F)(F)CC1. The fourth-order valence-electron chi connectivity index (χ4n) is 2.41. The van der Waals surface area contributed by atoms with Gasteiger partial charge in [-0.3, -0.25) is 0 Å². The summed E-state index contributed by atoms with van der Waals surface area (Å²) in [6, 6.07) is -0.257. The number of alkyl halides is 2. The Morgan fingerprint density at radius 2 is 1.86 bits per heavy atom. The molecule has 0 aliphatic heterocycles. The van der Waals surface area contributed by atoms with E-state index in [-0.39, 0.29) is 58.1 Å². The molecule has 0 aromatic rings. The maximum atomic E-state index is 13.3. The largest absolute Gasteiger partial charge is 0.444 e. The van der Waals surface area contributed by atoms with Crippen molar-refractivity contribution in [1.82, 2.24) is 4.90 Å². The van der Waals surface area contributed by atoms with E-state index in [1.54, 1.807) is 20.8 Å². The van der Waals surface area contributed by atoms with Crippen LogP contribution in [0.5, 0.6) is 0 Å². The second-order valence-electron chi connectivity index (χ2n) is 6.60. The number of hydrogen-bond donors (Lipinski definition) is 1. The summed E-state index contributed by atoms with van der Waals surface area (Å²) < 4.78 is 37.1. The van der Waals surface area contributed by atoms with Crippen LogP contribution in [0.1, 0.15) is 46.5 Å². The zero-order chi connectivity index (χ0) is 16.8. The Morgan fingerprint density at radius 1 is 1.27 bits per heavy atom. The van der Waals surface area contributed by atoms with E-state index >= 15 is 0 Å². The van der Waals surface area contributed by atoms with Crippen molar-refractivity contribution < 1.29 is 28.2 Å². The van der Waals surface area contributed by atoms with Crippen molar-refractivity contribution in [2.75, 3.05) is 26.4 Å². The normalized spacial score (nSPS) is 19.0. The van der Waals surface area contributed by atoms with Gasteiger partial charge in [-0.05, 0) is 33.6 Å². The number of amides is 1. The van der Waals surface area contributed by atoms with Gasteiger partial charge in [-0.2, -0.15) is 0 Å². The van der Waals surface area contributed by atoms with Gasteiger partial charge >= 0.3 is 6.09 Å².